The van der Waals surface area contributed by atoms with Gasteiger partial charge in [-0.2, -0.15) is 0 Å². The Balaban J connectivity index is 2.17. The summed E-state index contributed by atoms with van der Waals surface area (Å²) in [6, 6.07) is 1.72. The van der Waals surface area contributed by atoms with Gasteiger partial charge in [0.1, 0.15) is 17.9 Å². The van der Waals surface area contributed by atoms with Gasteiger partial charge in [0.2, 0.25) is 0 Å². The number of rotatable bonds is 5. The van der Waals surface area contributed by atoms with E-state index in [1.54, 1.807) is 18.3 Å². The van der Waals surface area contributed by atoms with Gasteiger partial charge in [-0.1, -0.05) is 23.2 Å². The topological polar surface area (TPSA) is 25.4 Å². The average Bonchev–Trinajstić information content (AvgIpc) is 2.79. The molecule has 7 heteroatoms. The van der Waals surface area contributed by atoms with Crippen molar-refractivity contribution in [3.05, 3.63) is 39.8 Å². The first kappa shape index (κ1) is 15.5. The van der Waals surface area contributed by atoms with Crippen molar-refractivity contribution < 1.29 is 9.13 Å². The van der Waals surface area contributed by atoms with Crippen LogP contribution in [0.2, 0.25) is 10.2 Å². The molecule has 1 atom stereocenters. The van der Waals surface area contributed by atoms with Gasteiger partial charge in [-0.25, -0.2) is 9.37 Å². The molecule has 0 saturated heterocycles. The number of halogens is 3. The number of pyridine rings is 1. The molecule has 0 N–H and O–H groups in total. The van der Waals surface area contributed by atoms with Crippen molar-refractivity contribution in [3.8, 4) is 0 Å². The van der Waals surface area contributed by atoms with Crippen LogP contribution in [0.1, 0.15) is 12.5 Å². The zero-order chi connectivity index (χ0) is 14.7. The average molecular weight is 335 g/mol. The van der Waals surface area contributed by atoms with Gasteiger partial charge >= 0.3 is 0 Å². The molecular formula is C13H13Cl2FN2OS. The van der Waals surface area contributed by atoms with Crippen molar-refractivity contribution >= 4 is 40.5 Å². The van der Waals surface area contributed by atoms with Crippen LogP contribution in [0, 0.1) is 0 Å². The zero-order valence-electron chi connectivity index (χ0n) is 10.8. The molecule has 20 heavy (non-hydrogen) atoms. The van der Waals surface area contributed by atoms with Crippen molar-refractivity contribution in [3.63, 3.8) is 0 Å². The van der Waals surface area contributed by atoms with Crippen LogP contribution >= 0.6 is 35.4 Å². The fourth-order valence-electron chi connectivity index (χ4n) is 1.90. The van der Waals surface area contributed by atoms with E-state index < -0.39 is 6.17 Å². The number of hydrogen-bond donors (Lipinski definition) is 0. The van der Waals surface area contributed by atoms with Gasteiger partial charge in [0.25, 0.3) is 0 Å². The van der Waals surface area contributed by atoms with Gasteiger partial charge in [0, 0.05) is 25.4 Å². The molecule has 0 saturated carbocycles. The highest BCUT2D eigenvalue weighted by Gasteiger charge is 2.19. The first-order chi connectivity index (χ1) is 9.45. The van der Waals surface area contributed by atoms with Crippen LogP contribution in [0.5, 0.6) is 0 Å². The van der Waals surface area contributed by atoms with Gasteiger partial charge in [-0.3, -0.25) is 0 Å². The second-order valence-corrected chi connectivity index (χ2v) is 5.69. The van der Waals surface area contributed by atoms with Gasteiger partial charge in [-0.15, -0.1) is 0 Å². The van der Waals surface area contributed by atoms with Gasteiger partial charge in [-0.05, 0) is 30.8 Å². The minimum absolute atomic E-state index is 0.248. The molecule has 0 aliphatic carbocycles. The Kier molecular flexibility index (Phi) is 5.18. The predicted molar refractivity (Wildman–Crippen MR) is 81.9 cm³/mol. The van der Waals surface area contributed by atoms with Gasteiger partial charge in [0.15, 0.2) is 5.05 Å². The molecule has 0 spiro atoms. The molecule has 0 aromatic carbocycles. The first-order valence-corrected chi connectivity index (χ1v) is 7.18. The first-order valence-electron chi connectivity index (χ1n) is 6.02. The molecule has 0 amide bonds. The van der Waals surface area contributed by atoms with Crippen LogP contribution in [-0.2, 0) is 11.3 Å². The van der Waals surface area contributed by atoms with Crippen molar-refractivity contribution in [1.82, 2.24) is 9.88 Å². The van der Waals surface area contributed by atoms with E-state index in [1.807, 2.05) is 4.90 Å². The number of hydrogen-bond acceptors (Lipinski definition) is 4. The summed E-state index contributed by atoms with van der Waals surface area (Å²) in [7, 11) is 0. The Labute approximate surface area is 132 Å². The summed E-state index contributed by atoms with van der Waals surface area (Å²) >= 11 is 16.7. The third-order valence-electron chi connectivity index (χ3n) is 2.75. The SMILES string of the molecule is CC(F)CN(Cc1cnc(Cl)c(Cl)c1)C1=CC(=S)OC1. The molecule has 2 heterocycles. The van der Waals surface area contributed by atoms with E-state index >= 15 is 0 Å². The Hall–Kier alpha value is -0.910. The number of alkyl halides is 1. The fraction of sp³-hybridized carbons (Fsp3) is 0.385. The number of thiocarbonyl (C=S) groups is 1. The van der Waals surface area contributed by atoms with E-state index in [-0.39, 0.29) is 11.7 Å². The van der Waals surface area contributed by atoms with Gasteiger partial charge < -0.3 is 9.64 Å². The highest BCUT2D eigenvalue weighted by atomic mass is 35.5. The monoisotopic (exact) mass is 334 g/mol. The maximum Gasteiger partial charge on any atom is 0.186 e. The summed E-state index contributed by atoms with van der Waals surface area (Å²) in [5.41, 5.74) is 1.70. The van der Waals surface area contributed by atoms with Crippen molar-refractivity contribution in [2.75, 3.05) is 13.2 Å². The molecule has 2 rings (SSSR count). The Morgan fingerprint density at radius 1 is 1.55 bits per heavy atom. The summed E-state index contributed by atoms with van der Waals surface area (Å²) < 4.78 is 18.6. The van der Waals surface area contributed by atoms with Crippen LogP contribution in [-0.4, -0.2) is 34.3 Å². The summed E-state index contributed by atoms with van der Waals surface area (Å²) in [6.07, 6.45) is 2.39. The largest absolute Gasteiger partial charge is 0.477 e. The molecule has 0 radical (unpaired) electrons. The molecule has 0 fully saturated rings. The Morgan fingerprint density at radius 2 is 2.30 bits per heavy atom. The van der Waals surface area contributed by atoms with E-state index in [1.165, 1.54) is 6.92 Å². The molecule has 1 aromatic rings. The minimum atomic E-state index is -0.971. The summed E-state index contributed by atoms with van der Waals surface area (Å²) in [5.74, 6) is 0. The van der Waals surface area contributed by atoms with E-state index in [0.29, 0.717) is 23.2 Å². The zero-order valence-corrected chi connectivity index (χ0v) is 13.1. The maximum absolute atomic E-state index is 13.3. The standard InChI is InChI=1S/C13H13Cl2FN2OS/c1-8(16)5-18(10-3-12(20)19-7-10)6-9-2-11(14)13(15)17-4-9/h2-4,8H,5-7H2,1H3. The molecule has 0 bridgehead atoms. The number of ether oxygens (including phenoxy) is 1. The summed E-state index contributed by atoms with van der Waals surface area (Å²) in [5, 5.41) is 1.05. The molecule has 1 aliphatic rings. The lowest BCUT2D eigenvalue weighted by Gasteiger charge is -2.25. The van der Waals surface area contributed by atoms with Crippen LogP contribution in [0.25, 0.3) is 0 Å². The second-order valence-electron chi connectivity index (χ2n) is 4.52. The van der Waals surface area contributed by atoms with Crippen molar-refractivity contribution in [2.24, 2.45) is 0 Å². The normalized spacial score (nSPS) is 15.8. The molecule has 1 aliphatic heterocycles. The van der Waals surface area contributed by atoms with Crippen molar-refractivity contribution in [2.45, 2.75) is 19.6 Å². The van der Waals surface area contributed by atoms with E-state index in [0.717, 1.165) is 11.3 Å². The Morgan fingerprint density at radius 3 is 2.85 bits per heavy atom. The maximum atomic E-state index is 13.3. The smallest absolute Gasteiger partial charge is 0.186 e. The summed E-state index contributed by atoms with van der Waals surface area (Å²) in [6.45, 7) is 2.59. The van der Waals surface area contributed by atoms with Crippen LogP contribution in [0.4, 0.5) is 4.39 Å². The molecule has 1 aromatic heterocycles. The van der Waals surface area contributed by atoms with Crippen LogP contribution in [0.15, 0.2) is 24.0 Å². The second kappa shape index (κ2) is 6.70. The van der Waals surface area contributed by atoms with E-state index in [4.69, 9.17) is 40.2 Å². The van der Waals surface area contributed by atoms with E-state index in [2.05, 4.69) is 4.98 Å². The highest BCUT2D eigenvalue weighted by molar-refractivity contribution is 7.80. The van der Waals surface area contributed by atoms with Gasteiger partial charge in [0.05, 0.1) is 10.7 Å². The lowest BCUT2D eigenvalue weighted by molar-refractivity contribution is 0.214. The summed E-state index contributed by atoms with van der Waals surface area (Å²) in [4.78, 5) is 5.86. The quantitative estimate of drug-likeness (QED) is 0.604. The van der Waals surface area contributed by atoms with Crippen LogP contribution < -0.4 is 0 Å². The number of aromatic nitrogens is 1. The molecular weight excluding hydrogens is 322 g/mol. The third kappa shape index (κ3) is 4.04. The lowest BCUT2D eigenvalue weighted by Crippen LogP contribution is -2.29. The highest BCUT2D eigenvalue weighted by Crippen LogP contribution is 2.22. The third-order valence-corrected chi connectivity index (χ3v) is 3.67. The minimum Gasteiger partial charge on any atom is -0.477 e. The molecule has 3 nitrogen and oxygen atoms in total. The van der Waals surface area contributed by atoms with Crippen molar-refractivity contribution in [1.29, 1.82) is 0 Å². The predicted octanol–water partition coefficient (Wildman–Crippen LogP) is 3.79. The van der Waals surface area contributed by atoms with Crippen LogP contribution in [0.3, 0.4) is 0 Å². The molecule has 108 valence electrons. The number of nitrogens with zero attached hydrogens (tertiary/aromatic N) is 2. The lowest BCUT2D eigenvalue weighted by atomic mass is 10.2. The molecule has 1 unspecified atom stereocenters. The van der Waals surface area contributed by atoms with E-state index in [9.17, 15) is 4.39 Å². The fourth-order valence-corrected chi connectivity index (χ4v) is 2.39. The Bertz CT molecular complexity index is 551.